The lowest BCUT2D eigenvalue weighted by Crippen LogP contribution is -2.48. The molecule has 0 saturated carbocycles. The molecule has 0 radical (unpaired) electrons. The van der Waals surface area contributed by atoms with Gasteiger partial charge in [0, 0.05) is 55.7 Å². The second-order valence-electron chi connectivity index (χ2n) is 8.08. The molecule has 4 rings (SSSR count). The molecule has 0 bridgehead atoms. The Hall–Kier alpha value is -2.69. The minimum Gasteiger partial charge on any atom is -0.368 e. The number of ketones is 1. The number of carbonyl (C=O) groups excluding carboxylic acids is 2. The van der Waals surface area contributed by atoms with E-state index in [9.17, 15) is 14.0 Å². The maximum atomic E-state index is 13.0. The molecule has 1 saturated heterocycles. The topological polar surface area (TPSA) is 40.6 Å². The van der Waals surface area contributed by atoms with Crippen LogP contribution in [0.1, 0.15) is 53.6 Å². The molecule has 29 heavy (non-hydrogen) atoms. The number of fused-ring (bicyclic) bond motifs is 3. The van der Waals surface area contributed by atoms with Gasteiger partial charge in [-0.2, -0.15) is 0 Å². The highest BCUT2D eigenvalue weighted by Crippen LogP contribution is 2.44. The molecule has 2 aromatic carbocycles. The van der Waals surface area contributed by atoms with E-state index in [1.165, 1.54) is 41.1 Å². The summed E-state index contributed by atoms with van der Waals surface area (Å²) >= 11 is 0. The number of likely N-dealkylation sites (N-methyl/N-ethyl adjacent to an activating group) is 1. The van der Waals surface area contributed by atoms with E-state index in [4.69, 9.17) is 0 Å². The number of Topliss-reactive ketones (excluding diaryl/α,β-unsaturated/α-hetero) is 1. The van der Waals surface area contributed by atoms with Crippen molar-refractivity contribution in [3.63, 3.8) is 0 Å². The summed E-state index contributed by atoms with van der Waals surface area (Å²) in [5.74, 6) is -0.126. The lowest BCUT2D eigenvalue weighted by molar-refractivity contribution is -0.132. The summed E-state index contributed by atoms with van der Waals surface area (Å²) in [5, 5.41) is 0. The normalized spacial score (nSPS) is 20.4. The molecule has 2 aromatic rings. The van der Waals surface area contributed by atoms with Crippen molar-refractivity contribution >= 4 is 17.4 Å². The molecule has 152 valence electrons. The third-order valence-corrected chi connectivity index (χ3v) is 6.29. The molecule has 2 unspecified atom stereocenters. The number of piperidine rings is 1. The van der Waals surface area contributed by atoms with Crippen LogP contribution in [0.5, 0.6) is 0 Å². The quantitative estimate of drug-likeness (QED) is 0.709. The molecule has 1 fully saturated rings. The van der Waals surface area contributed by atoms with Crippen LogP contribution < -0.4 is 4.90 Å². The van der Waals surface area contributed by atoms with Gasteiger partial charge in [0.1, 0.15) is 5.82 Å². The van der Waals surface area contributed by atoms with Crippen LogP contribution in [0, 0.1) is 12.7 Å². The van der Waals surface area contributed by atoms with Gasteiger partial charge in [-0.15, -0.1) is 0 Å². The Balaban J connectivity index is 1.41. The Bertz CT molecular complexity index is 925. The van der Waals surface area contributed by atoms with Crippen LogP contribution in [0.15, 0.2) is 42.5 Å². The molecular weight excluding hydrogens is 367 g/mol. The summed E-state index contributed by atoms with van der Waals surface area (Å²) in [6.45, 7) is 6.70. The van der Waals surface area contributed by atoms with E-state index < -0.39 is 0 Å². The van der Waals surface area contributed by atoms with Gasteiger partial charge in [-0.25, -0.2) is 4.39 Å². The zero-order valence-electron chi connectivity index (χ0n) is 17.0. The number of halogens is 1. The Morgan fingerprint density at radius 1 is 1.10 bits per heavy atom. The maximum Gasteiger partial charge on any atom is 0.223 e. The molecule has 5 heteroatoms. The number of carbonyl (C=O) groups is 2. The first-order valence-corrected chi connectivity index (χ1v) is 10.4. The average molecular weight is 394 g/mol. The summed E-state index contributed by atoms with van der Waals surface area (Å²) in [5.41, 5.74) is 4.34. The number of nitrogens with zero attached hydrogens (tertiary/aromatic N) is 2. The number of anilines is 1. The molecule has 0 aromatic heterocycles. The molecule has 2 aliphatic heterocycles. The lowest BCUT2D eigenvalue weighted by atomic mass is 9.88. The van der Waals surface area contributed by atoms with E-state index in [0.29, 0.717) is 24.1 Å². The smallest absolute Gasteiger partial charge is 0.223 e. The Morgan fingerprint density at radius 3 is 2.59 bits per heavy atom. The van der Waals surface area contributed by atoms with E-state index in [1.54, 1.807) is 0 Å². The minimum atomic E-state index is -0.367. The first-order chi connectivity index (χ1) is 14.0. The van der Waals surface area contributed by atoms with Gasteiger partial charge in [-0.3, -0.25) is 9.59 Å². The summed E-state index contributed by atoms with van der Waals surface area (Å²) in [6, 6.07) is 12.6. The van der Waals surface area contributed by atoms with Gasteiger partial charge in [0.25, 0.3) is 0 Å². The van der Waals surface area contributed by atoms with Crippen molar-refractivity contribution in [3.8, 4) is 0 Å². The van der Waals surface area contributed by atoms with Crippen LogP contribution in [0.3, 0.4) is 0 Å². The highest BCUT2D eigenvalue weighted by atomic mass is 19.1. The Kier molecular flexibility index (Phi) is 5.39. The largest absolute Gasteiger partial charge is 0.368 e. The first kappa shape index (κ1) is 19.6. The van der Waals surface area contributed by atoms with E-state index >= 15 is 0 Å². The summed E-state index contributed by atoms with van der Waals surface area (Å²) in [4.78, 5) is 29.5. The van der Waals surface area contributed by atoms with Gasteiger partial charge in [-0.05, 0) is 56.2 Å². The third-order valence-electron chi connectivity index (χ3n) is 6.29. The van der Waals surface area contributed by atoms with Gasteiger partial charge in [-0.1, -0.05) is 17.7 Å². The summed E-state index contributed by atoms with van der Waals surface area (Å²) < 4.78 is 13.0. The molecule has 2 atom stereocenters. The van der Waals surface area contributed by atoms with Gasteiger partial charge in [0.2, 0.25) is 5.91 Å². The van der Waals surface area contributed by atoms with Crippen LogP contribution in [-0.2, 0) is 4.79 Å². The molecule has 2 aliphatic rings. The molecule has 0 aliphatic carbocycles. The Morgan fingerprint density at radius 2 is 1.86 bits per heavy atom. The third kappa shape index (κ3) is 3.78. The molecule has 0 spiro atoms. The van der Waals surface area contributed by atoms with Crippen molar-refractivity contribution in [1.29, 1.82) is 0 Å². The van der Waals surface area contributed by atoms with Crippen molar-refractivity contribution < 1.29 is 14.0 Å². The summed E-state index contributed by atoms with van der Waals surface area (Å²) in [6.07, 6.45) is 1.31. The van der Waals surface area contributed by atoms with Gasteiger partial charge >= 0.3 is 0 Å². The highest BCUT2D eigenvalue weighted by Gasteiger charge is 2.42. The average Bonchev–Trinajstić information content (AvgIpc) is 3.04. The van der Waals surface area contributed by atoms with Crippen molar-refractivity contribution in [2.24, 2.45) is 0 Å². The Labute approximate surface area is 171 Å². The monoisotopic (exact) mass is 394 g/mol. The molecule has 4 nitrogen and oxygen atoms in total. The number of benzene rings is 2. The van der Waals surface area contributed by atoms with Crippen LogP contribution in [0.4, 0.5) is 10.1 Å². The highest BCUT2D eigenvalue weighted by molar-refractivity contribution is 5.97. The van der Waals surface area contributed by atoms with Crippen LogP contribution in [-0.4, -0.2) is 42.3 Å². The van der Waals surface area contributed by atoms with Crippen LogP contribution >= 0.6 is 0 Å². The number of aryl methyl sites for hydroxylation is 1. The van der Waals surface area contributed by atoms with Gasteiger partial charge in [0.05, 0.1) is 0 Å². The number of amides is 1. The number of hydrogen-bond acceptors (Lipinski definition) is 3. The minimum absolute atomic E-state index is 0.0306. The van der Waals surface area contributed by atoms with E-state index in [0.717, 1.165) is 19.5 Å². The van der Waals surface area contributed by atoms with Gasteiger partial charge < -0.3 is 9.80 Å². The van der Waals surface area contributed by atoms with E-state index in [-0.39, 0.29) is 30.3 Å². The number of likely N-dealkylation sites (tertiary alicyclic amines) is 1. The van der Waals surface area contributed by atoms with Crippen LogP contribution in [0.25, 0.3) is 0 Å². The van der Waals surface area contributed by atoms with Crippen molar-refractivity contribution in [2.45, 2.75) is 45.1 Å². The zero-order chi connectivity index (χ0) is 20.5. The summed E-state index contributed by atoms with van der Waals surface area (Å²) in [7, 11) is 0. The second-order valence-corrected chi connectivity index (χ2v) is 8.08. The maximum absolute atomic E-state index is 13.0. The number of hydrogen-bond donors (Lipinski definition) is 0. The van der Waals surface area contributed by atoms with Crippen molar-refractivity contribution in [3.05, 3.63) is 65.0 Å². The fourth-order valence-electron chi connectivity index (χ4n) is 4.82. The fraction of sp³-hybridized carbons (Fsp3) is 0.417. The second kappa shape index (κ2) is 7.97. The molecule has 1 amide bonds. The first-order valence-electron chi connectivity index (χ1n) is 10.4. The SMILES string of the molecule is CCN1c2ccc(C)cc2C2CN(C(=O)CCC(=O)c3ccc(F)cc3)CCC21. The predicted molar refractivity (Wildman–Crippen MR) is 112 cm³/mol. The molecule has 2 heterocycles. The number of rotatable bonds is 5. The zero-order valence-corrected chi connectivity index (χ0v) is 17.0. The molecule has 0 N–H and O–H groups in total. The van der Waals surface area contributed by atoms with Gasteiger partial charge in [0.15, 0.2) is 5.78 Å². The predicted octanol–water partition coefficient (Wildman–Crippen LogP) is 4.32. The fourth-order valence-corrected chi connectivity index (χ4v) is 4.82. The molecular formula is C24H27FN2O2. The van der Waals surface area contributed by atoms with E-state index in [2.05, 4.69) is 36.9 Å². The van der Waals surface area contributed by atoms with Crippen molar-refractivity contribution in [1.82, 2.24) is 4.90 Å². The van der Waals surface area contributed by atoms with Crippen LogP contribution in [0.2, 0.25) is 0 Å². The van der Waals surface area contributed by atoms with Crippen molar-refractivity contribution in [2.75, 3.05) is 24.5 Å². The standard InChI is InChI=1S/C24H27FN2O2/c1-3-27-21-9-4-16(2)14-19(21)20-15-26(13-12-22(20)27)24(29)11-10-23(28)17-5-7-18(25)8-6-17/h4-9,14,20,22H,3,10-13,15H2,1-2H3. The lowest BCUT2D eigenvalue weighted by Gasteiger charge is -2.38. The van der Waals surface area contributed by atoms with E-state index in [1.807, 2.05) is 4.90 Å².